The molecule has 6 heteroatoms. The Morgan fingerprint density at radius 3 is 2.34 bits per heavy atom. The summed E-state index contributed by atoms with van der Waals surface area (Å²) in [5.74, 6) is -0.0274. The first-order valence-electron chi connectivity index (χ1n) is 11.7. The van der Waals surface area contributed by atoms with Crippen molar-refractivity contribution in [2.24, 2.45) is 5.41 Å². The van der Waals surface area contributed by atoms with E-state index in [-0.39, 0.29) is 47.0 Å². The molecule has 0 spiro atoms. The molecule has 0 unspecified atom stereocenters. The number of piperidine rings is 1. The molecule has 2 saturated heterocycles. The number of carbonyl (C=O) groups is 2. The third-order valence-corrected chi connectivity index (χ3v) is 8.09. The second kappa shape index (κ2) is 7.91. The number of fused-ring (bicyclic) bond motifs is 1. The lowest BCUT2D eigenvalue weighted by molar-refractivity contribution is -0.141. The van der Waals surface area contributed by atoms with E-state index in [9.17, 15) is 14.4 Å². The summed E-state index contributed by atoms with van der Waals surface area (Å²) < 4.78 is 0. The third kappa shape index (κ3) is 3.28. The Kier molecular flexibility index (Phi) is 5.19. The molecule has 2 bridgehead atoms. The van der Waals surface area contributed by atoms with Gasteiger partial charge in [0.2, 0.25) is 11.5 Å². The minimum Gasteiger partial charge on any atom is -0.334 e. The van der Waals surface area contributed by atoms with Crippen LogP contribution in [0.2, 0.25) is 0 Å². The molecule has 2 aliphatic heterocycles. The number of amides is 2. The summed E-state index contributed by atoms with van der Waals surface area (Å²) in [6, 6.07) is 15.1. The fraction of sp³-hybridized carbons (Fsp3) is 0.500. The van der Waals surface area contributed by atoms with Crippen molar-refractivity contribution in [3.63, 3.8) is 0 Å². The molecule has 3 fully saturated rings. The van der Waals surface area contributed by atoms with Crippen LogP contribution >= 0.6 is 0 Å². The van der Waals surface area contributed by atoms with Gasteiger partial charge in [-0.1, -0.05) is 56.2 Å². The molecule has 1 aromatic carbocycles. The first-order chi connectivity index (χ1) is 15.4. The van der Waals surface area contributed by atoms with Gasteiger partial charge in [0.25, 0.3) is 5.91 Å². The molecule has 168 valence electrons. The van der Waals surface area contributed by atoms with E-state index in [0.717, 1.165) is 38.5 Å². The van der Waals surface area contributed by atoms with E-state index in [1.54, 1.807) is 19.1 Å². The van der Waals surface area contributed by atoms with Gasteiger partial charge in [-0.15, -0.1) is 0 Å². The second-order valence-corrected chi connectivity index (χ2v) is 9.92. The quantitative estimate of drug-likeness (QED) is 0.807. The molecule has 2 amide bonds. The molecule has 0 radical (unpaired) electrons. The molecule has 1 aliphatic carbocycles. The Hall–Kier alpha value is -2.89. The van der Waals surface area contributed by atoms with E-state index in [2.05, 4.69) is 28.9 Å². The molecule has 6 nitrogen and oxygen atoms in total. The Balaban J connectivity index is 1.62. The molecule has 5 rings (SSSR count). The number of aromatic nitrogens is 1. The van der Waals surface area contributed by atoms with E-state index >= 15 is 0 Å². The minimum absolute atomic E-state index is 0.0684. The summed E-state index contributed by atoms with van der Waals surface area (Å²) in [7, 11) is 0. The lowest BCUT2D eigenvalue weighted by atomic mass is 9.69. The van der Waals surface area contributed by atoms with Crippen molar-refractivity contribution in [1.29, 1.82) is 0 Å². The number of hydrogen-bond acceptors (Lipinski definition) is 3. The summed E-state index contributed by atoms with van der Waals surface area (Å²) in [4.78, 5) is 45.7. The summed E-state index contributed by atoms with van der Waals surface area (Å²) in [5.41, 5.74) is 1.11. The van der Waals surface area contributed by atoms with E-state index in [1.807, 2.05) is 23.1 Å². The molecule has 1 saturated carbocycles. The average Bonchev–Trinajstić information content (AvgIpc) is 2.92. The normalized spacial score (nSPS) is 31.3. The zero-order chi connectivity index (χ0) is 22.5. The van der Waals surface area contributed by atoms with Gasteiger partial charge in [0, 0.05) is 30.5 Å². The van der Waals surface area contributed by atoms with Gasteiger partial charge in [-0.3, -0.25) is 14.4 Å². The first-order valence-corrected chi connectivity index (χ1v) is 11.7. The predicted octanol–water partition coefficient (Wildman–Crippen LogP) is 3.38. The first kappa shape index (κ1) is 21.0. The average molecular weight is 434 g/mol. The van der Waals surface area contributed by atoms with Crippen LogP contribution in [0.1, 0.15) is 62.0 Å². The van der Waals surface area contributed by atoms with Crippen LogP contribution in [0, 0.1) is 5.41 Å². The SMILES string of the molecule is CC(=O)N1[C@@H](Cc2ccccc2)[C@@H]2C[C@@]3(C)[C@H](CCCC[C@@H]13)N2C(=O)c1cccc(=O)[nH]1. The highest BCUT2D eigenvalue weighted by Gasteiger charge is 2.63. The van der Waals surface area contributed by atoms with Crippen LogP contribution in [0.5, 0.6) is 0 Å². The largest absolute Gasteiger partial charge is 0.334 e. The van der Waals surface area contributed by atoms with Crippen molar-refractivity contribution in [2.45, 2.75) is 76.5 Å². The van der Waals surface area contributed by atoms with Crippen LogP contribution in [-0.4, -0.2) is 50.8 Å². The highest BCUT2D eigenvalue weighted by atomic mass is 16.2. The van der Waals surface area contributed by atoms with Crippen LogP contribution in [-0.2, 0) is 11.2 Å². The molecular weight excluding hydrogens is 402 g/mol. The van der Waals surface area contributed by atoms with Crippen molar-refractivity contribution in [2.75, 3.05) is 0 Å². The Morgan fingerprint density at radius 1 is 1.00 bits per heavy atom. The lowest BCUT2D eigenvalue weighted by Gasteiger charge is -2.50. The predicted molar refractivity (Wildman–Crippen MR) is 122 cm³/mol. The van der Waals surface area contributed by atoms with Crippen LogP contribution in [0.15, 0.2) is 53.3 Å². The van der Waals surface area contributed by atoms with Crippen molar-refractivity contribution >= 4 is 11.8 Å². The minimum atomic E-state index is -0.269. The molecule has 32 heavy (non-hydrogen) atoms. The maximum absolute atomic E-state index is 13.8. The Bertz CT molecular complexity index is 1080. The standard InChI is InChI=1S/C26H31N3O3/c1-17(30)28-20(15-18-9-4-3-5-10-18)21-16-26(2)22(28)12-6-7-13-23(26)29(21)25(32)19-11-8-14-24(31)27-19/h3-5,8-11,14,20-23H,6-7,12-13,15-16H2,1-2H3,(H,27,31)/t20-,21-,22+,23-,26+/m0/s1. The summed E-state index contributed by atoms with van der Waals surface area (Å²) in [5, 5.41) is 0. The summed E-state index contributed by atoms with van der Waals surface area (Å²) in [6.45, 7) is 3.95. The van der Waals surface area contributed by atoms with Crippen molar-refractivity contribution in [1.82, 2.24) is 14.8 Å². The fourth-order valence-corrected chi connectivity index (χ4v) is 6.81. The van der Waals surface area contributed by atoms with E-state index < -0.39 is 0 Å². The van der Waals surface area contributed by atoms with Gasteiger partial charge in [-0.05, 0) is 37.3 Å². The maximum Gasteiger partial charge on any atom is 0.270 e. The molecular formula is C26H31N3O3. The van der Waals surface area contributed by atoms with Gasteiger partial charge in [0.05, 0.1) is 12.1 Å². The number of hydrogen-bond donors (Lipinski definition) is 1. The van der Waals surface area contributed by atoms with Crippen molar-refractivity contribution in [3.05, 3.63) is 70.1 Å². The topological polar surface area (TPSA) is 73.5 Å². The van der Waals surface area contributed by atoms with Crippen LogP contribution in [0.3, 0.4) is 0 Å². The molecule has 3 aliphatic rings. The number of carbonyl (C=O) groups excluding carboxylic acids is 2. The summed E-state index contributed by atoms with van der Waals surface area (Å²) >= 11 is 0. The molecule has 5 atom stereocenters. The van der Waals surface area contributed by atoms with E-state index in [1.165, 1.54) is 11.6 Å². The summed E-state index contributed by atoms with van der Waals surface area (Å²) in [6.07, 6.45) is 5.65. The lowest BCUT2D eigenvalue weighted by Crippen LogP contribution is -2.61. The number of rotatable bonds is 3. The van der Waals surface area contributed by atoms with Gasteiger partial charge < -0.3 is 14.8 Å². The molecule has 1 N–H and O–H groups in total. The Morgan fingerprint density at radius 2 is 1.69 bits per heavy atom. The van der Waals surface area contributed by atoms with Gasteiger partial charge in [-0.25, -0.2) is 0 Å². The smallest absolute Gasteiger partial charge is 0.270 e. The van der Waals surface area contributed by atoms with Gasteiger partial charge in [0.1, 0.15) is 5.69 Å². The molecule has 3 heterocycles. The number of benzene rings is 1. The number of pyridine rings is 1. The molecule has 1 aromatic heterocycles. The van der Waals surface area contributed by atoms with Crippen LogP contribution in [0.25, 0.3) is 0 Å². The second-order valence-electron chi connectivity index (χ2n) is 9.92. The third-order valence-electron chi connectivity index (χ3n) is 8.09. The van der Waals surface area contributed by atoms with E-state index in [0.29, 0.717) is 5.69 Å². The fourth-order valence-electron chi connectivity index (χ4n) is 6.81. The Labute approximate surface area is 188 Å². The highest BCUT2D eigenvalue weighted by molar-refractivity contribution is 5.93. The number of H-pyrrole nitrogens is 1. The van der Waals surface area contributed by atoms with Crippen LogP contribution < -0.4 is 5.56 Å². The van der Waals surface area contributed by atoms with Crippen molar-refractivity contribution < 1.29 is 9.59 Å². The number of nitrogens with one attached hydrogen (secondary N) is 1. The van der Waals surface area contributed by atoms with Gasteiger partial charge in [-0.2, -0.15) is 0 Å². The van der Waals surface area contributed by atoms with Gasteiger partial charge >= 0.3 is 0 Å². The number of nitrogens with zero attached hydrogens (tertiary/aromatic N) is 2. The van der Waals surface area contributed by atoms with Gasteiger partial charge in [0.15, 0.2) is 0 Å². The zero-order valence-electron chi connectivity index (χ0n) is 18.8. The highest BCUT2D eigenvalue weighted by Crippen LogP contribution is 2.55. The molecule has 2 aromatic rings. The van der Waals surface area contributed by atoms with Crippen molar-refractivity contribution in [3.8, 4) is 0 Å². The number of aromatic amines is 1. The van der Waals surface area contributed by atoms with Crippen LogP contribution in [0.4, 0.5) is 0 Å². The monoisotopic (exact) mass is 433 g/mol. The maximum atomic E-state index is 13.8. The van der Waals surface area contributed by atoms with E-state index in [4.69, 9.17) is 0 Å². The number of likely N-dealkylation sites (tertiary alicyclic amines) is 2. The zero-order valence-corrected chi connectivity index (χ0v) is 18.8.